The number of hydrogen-bond acceptors (Lipinski definition) is 8. The van der Waals surface area contributed by atoms with Crippen LogP contribution in [-0.2, 0) is 10.3 Å². The summed E-state index contributed by atoms with van der Waals surface area (Å²) in [5.74, 6) is -2.25. The number of carbonyl (C=O) groups excluding carboxylic acids is 1. The molecule has 1 unspecified atom stereocenters. The van der Waals surface area contributed by atoms with Crippen molar-refractivity contribution in [2.24, 2.45) is 0 Å². The van der Waals surface area contributed by atoms with Gasteiger partial charge in [0.25, 0.3) is 0 Å². The molecule has 5 rings (SSSR count). The van der Waals surface area contributed by atoms with Gasteiger partial charge in [0.1, 0.15) is 28.8 Å². The van der Waals surface area contributed by atoms with Gasteiger partial charge in [-0.15, -0.1) is 0 Å². The molecule has 9 nitrogen and oxygen atoms in total. The number of ether oxygens (including phenoxy) is 2. The van der Waals surface area contributed by atoms with Crippen molar-refractivity contribution in [1.29, 1.82) is 0 Å². The fourth-order valence-corrected chi connectivity index (χ4v) is 4.97. The molecule has 0 amide bonds. The summed E-state index contributed by atoms with van der Waals surface area (Å²) in [6.07, 6.45) is 0.0406. The van der Waals surface area contributed by atoms with Crippen molar-refractivity contribution in [2.45, 2.75) is 52.7 Å². The van der Waals surface area contributed by atoms with Crippen molar-refractivity contribution in [3.8, 4) is 17.1 Å². The summed E-state index contributed by atoms with van der Waals surface area (Å²) >= 11 is 0. The van der Waals surface area contributed by atoms with Crippen molar-refractivity contribution in [2.75, 3.05) is 6.61 Å². The van der Waals surface area contributed by atoms with Crippen LogP contribution in [-0.4, -0.2) is 43.1 Å². The van der Waals surface area contributed by atoms with Gasteiger partial charge in [0, 0.05) is 22.8 Å². The van der Waals surface area contributed by atoms with Gasteiger partial charge in [0.05, 0.1) is 35.2 Å². The number of imidazole rings is 1. The molecule has 3 aromatic heterocycles. The number of aromatic nitrogens is 4. The Bertz CT molecular complexity index is 1820. The van der Waals surface area contributed by atoms with Gasteiger partial charge in [0.15, 0.2) is 5.60 Å². The monoisotopic (exact) mass is 594 g/mol. The third kappa shape index (κ3) is 5.34. The number of carbonyl (C=O) groups is 1. The van der Waals surface area contributed by atoms with E-state index in [0.717, 1.165) is 29.0 Å². The molecule has 1 atom stereocenters. The zero-order chi connectivity index (χ0) is 31.3. The van der Waals surface area contributed by atoms with E-state index >= 15 is 4.39 Å². The SMILES string of the molecule is CCOc1nc2c(C(O)(c3ccc(F)cn3)c3ccc(F)cc3F)cc(-c3c(C)noc3C)cc2n1C(=O)OC(C)(C)C. The van der Waals surface area contributed by atoms with Gasteiger partial charge >= 0.3 is 12.1 Å². The van der Waals surface area contributed by atoms with Crippen LogP contribution in [0.4, 0.5) is 18.0 Å². The first-order valence-electron chi connectivity index (χ1n) is 13.4. The van der Waals surface area contributed by atoms with Crippen molar-refractivity contribution in [3.05, 3.63) is 94.4 Å². The number of benzene rings is 2. The Hall–Kier alpha value is -4.71. The highest BCUT2D eigenvalue weighted by Crippen LogP contribution is 2.44. The molecule has 0 saturated carbocycles. The van der Waals surface area contributed by atoms with E-state index in [2.05, 4.69) is 15.1 Å². The first-order chi connectivity index (χ1) is 20.2. The molecule has 0 spiro atoms. The minimum atomic E-state index is -2.48. The molecule has 43 heavy (non-hydrogen) atoms. The second-order valence-electron chi connectivity index (χ2n) is 10.9. The third-order valence-electron chi connectivity index (χ3n) is 6.71. The molecule has 0 bridgehead atoms. The summed E-state index contributed by atoms with van der Waals surface area (Å²) in [5, 5.41) is 16.6. The molecule has 0 saturated heterocycles. The van der Waals surface area contributed by atoms with Gasteiger partial charge in [-0.05, 0) is 83.5 Å². The lowest BCUT2D eigenvalue weighted by Crippen LogP contribution is -2.32. The van der Waals surface area contributed by atoms with Crippen LogP contribution >= 0.6 is 0 Å². The smallest absolute Gasteiger partial charge is 0.423 e. The molecule has 0 radical (unpaired) electrons. The minimum absolute atomic E-state index is 0.0159. The van der Waals surface area contributed by atoms with Gasteiger partial charge in [0.2, 0.25) is 0 Å². The molecule has 2 aromatic carbocycles. The fourth-order valence-electron chi connectivity index (χ4n) is 4.97. The van der Waals surface area contributed by atoms with Crippen molar-refractivity contribution in [3.63, 3.8) is 0 Å². The highest BCUT2D eigenvalue weighted by atomic mass is 19.1. The highest BCUT2D eigenvalue weighted by Gasteiger charge is 2.42. The molecule has 0 fully saturated rings. The summed E-state index contributed by atoms with van der Waals surface area (Å²) < 4.78 is 61.5. The number of aryl methyl sites for hydroxylation is 2. The van der Waals surface area contributed by atoms with E-state index in [1.165, 1.54) is 12.1 Å². The number of nitrogens with zero attached hydrogens (tertiary/aromatic N) is 4. The van der Waals surface area contributed by atoms with Crippen LogP contribution in [0, 0.1) is 31.3 Å². The average Bonchev–Trinajstić information content (AvgIpc) is 3.45. The largest absolute Gasteiger partial charge is 0.465 e. The maximum Gasteiger partial charge on any atom is 0.423 e. The molecule has 1 N–H and O–H groups in total. The maximum absolute atomic E-state index is 15.6. The standard InChI is InChI=1S/C31H29F3N4O5/c1-7-41-28-36-27-22(31(40,25-11-9-20(33)15-35-25)21-10-8-19(32)14-23(21)34)12-18(26-16(2)37-43-17(26)3)13-24(27)38(28)29(39)42-30(4,5)6/h8-15,40H,7H2,1-6H3. The predicted octanol–water partition coefficient (Wildman–Crippen LogP) is 6.59. The van der Waals surface area contributed by atoms with Gasteiger partial charge < -0.3 is 19.1 Å². The highest BCUT2D eigenvalue weighted by molar-refractivity contribution is 5.94. The van der Waals surface area contributed by atoms with Gasteiger partial charge in [-0.25, -0.2) is 18.0 Å². The Kier molecular flexibility index (Phi) is 7.51. The molecule has 0 aliphatic rings. The molecule has 5 aromatic rings. The number of pyridine rings is 1. The molecule has 0 aliphatic heterocycles. The number of fused-ring (bicyclic) bond motifs is 1. The normalized spacial score (nSPS) is 13.3. The van der Waals surface area contributed by atoms with Crippen LogP contribution in [0.3, 0.4) is 0 Å². The Morgan fingerprint density at radius 2 is 1.74 bits per heavy atom. The van der Waals surface area contributed by atoms with Crippen molar-refractivity contribution >= 4 is 17.1 Å². The summed E-state index contributed by atoms with van der Waals surface area (Å²) in [6, 6.07) is 7.87. The van der Waals surface area contributed by atoms with E-state index in [1.807, 2.05) is 0 Å². The summed E-state index contributed by atoms with van der Waals surface area (Å²) in [6.45, 7) is 10.3. The first kappa shape index (κ1) is 29.8. The summed E-state index contributed by atoms with van der Waals surface area (Å²) in [4.78, 5) is 22.2. The number of rotatable bonds is 6. The Morgan fingerprint density at radius 3 is 2.33 bits per heavy atom. The van der Waals surface area contributed by atoms with E-state index in [0.29, 0.717) is 28.6 Å². The van der Waals surface area contributed by atoms with Crippen LogP contribution in [0.15, 0.2) is 53.2 Å². The number of hydrogen-bond donors (Lipinski definition) is 1. The van der Waals surface area contributed by atoms with Crippen molar-refractivity contribution < 1.29 is 37.1 Å². The lowest BCUT2D eigenvalue weighted by molar-refractivity contribution is 0.0527. The van der Waals surface area contributed by atoms with Crippen molar-refractivity contribution in [1.82, 2.24) is 19.7 Å². The van der Waals surface area contributed by atoms with E-state index in [1.54, 1.807) is 47.6 Å². The van der Waals surface area contributed by atoms with Crippen LogP contribution < -0.4 is 4.74 Å². The van der Waals surface area contributed by atoms with Gasteiger partial charge in [-0.2, -0.15) is 9.55 Å². The number of aliphatic hydroxyl groups is 1. The maximum atomic E-state index is 15.6. The van der Waals surface area contributed by atoms with Crippen LogP contribution in [0.5, 0.6) is 6.01 Å². The fraction of sp³-hybridized carbons (Fsp3) is 0.290. The zero-order valence-electron chi connectivity index (χ0n) is 24.3. The van der Waals surface area contributed by atoms with Gasteiger partial charge in [-0.3, -0.25) is 4.98 Å². The quantitative estimate of drug-likeness (QED) is 0.234. The van der Waals surface area contributed by atoms with E-state index in [-0.39, 0.29) is 34.9 Å². The summed E-state index contributed by atoms with van der Waals surface area (Å²) in [7, 11) is 0. The lowest BCUT2D eigenvalue weighted by Gasteiger charge is -2.30. The topological polar surface area (TPSA) is 112 Å². The Balaban J connectivity index is 1.96. The van der Waals surface area contributed by atoms with E-state index in [9.17, 15) is 18.7 Å². The second-order valence-corrected chi connectivity index (χ2v) is 10.9. The zero-order valence-corrected chi connectivity index (χ0v) is 24.3. The average molecular weight is 595 g/mol. The van der Waals surface area contributed by atoms with E-state index < -0.39 is 40.3 Å². The van der Waals surface area contributed by atoms with Crippen LogP contribution in [0.2, 0.25) is 0 Å². The minimum Gasteiger partial charge on any atom is -0.465 e. The number of halogens is 3. The van der Waals surface area contributed by atoms with E-state index in [4.69, 9.17) is 14.0 Å². The Morgan fingerprint density at radius 1 is 1.02 bits per heavy atom. The molecule has 0 aliphatic carbocycles. The lowest BCUT2D eigenvalue weighted by atomic mass is 9.80. The molecule has 3 heterocycles. The first-order valence-corrected chi connectivity index (χ1v) is 13.4. The van der Waals surface area contributed by atoms with Gasteiger partial charge in [-0.1, -0.05) is 5.16 Å². The Labute approximate surface area is 244 Å². The summed E-state index contributed by atoms with van der Waals surface area (Å²) in [5.41, 5.74) is -2.43. The molecule has 224 valence electrons. The predicted molar refractivity (Wildman–Crippen MR) is 150 cm³/mol. The second kappa shape index (κ2) is 10.8. The van der Waals surface area contributed by atoms with Crippen LogP contribution in [0.1, 0.15) is 56.0 Å². The van der Waals surface area contributed by atoms with Crippen LogP contribution in [0.25, 0.3) is 22.2 Å². The molecular weight excluding hydrogens is 565 g/mol. The molecular formula is C31H29F3N4O5. The molecule has 12 heteroatoms. The third-order valence-corrected chi connectivity index (χ3v) is 6.71.